The maximum Gasteiger partial charge on any atom is 0.174 e. The maximum absolute atomic E-state index is 10.1. The molecule has 1 unspecified atom stereocenters. The van der Waals surface area contributed by atoms with Gasteiger partial charge in [0.25, 0.3) is 0 Å². The molecular formula is C12H16BrNO2. The van der Waals surface area contributed by atoms with Gasteiger partial charge >= 0.3 is 0 Å². The summed E-state index contributed by atoms with van der Waals surface area (Å²) in [5, 5.41) is 13.5. The van der Waals surface area contributed by atoms with Gasteiger partial charge in [-0.1, -0.05) is 6.07 Å². The standard InChI is InChI=1S/C12H16BrNO2/c1-16-12-10(13)5-4-9(11(12)15)8-3-2-6-14-7-8/h4-5,8,14-15H,2-3,6-7H2,1H3. The second-order valence-corrected chi connectivity index (χ2v) is 4.92. The zero-order valence-corrected chi connectivity index (χ0v) is 10.9. The summed E-state index contributed by atoms with van der Waals surface area (Å²) < 4.78 is 5.98. The maximum atomic E-state index is 10.1. The van der Waals surface area contributed by atoms with Gasteiger partial charge in [-0.2, -0.15) is 0 Å². The predicted molar refractivity (Wildman–Crippen MR) is 67.2 cm³/mol. The zero-order chi connectivity index (χ0) is 11.5. The number of rotatable bonds is 2. The fourth-order valence-corrected chi connectivity index (χ4v) is 2.68. The number of nitrogens with one attached hydrogen (secondary N) is 1. The molecule has 0 aliphatic carbocycles. The average molecular weight is 286 g/mol. The first kappa shape index (κ1) is 11.7. The van der Waals surface area contributed by atoms with Crippen LogP contribution < -0.4 is 10.1 Å². The minimum absolute atomic E-state index is 0.269. The summed E-state index contributed by atoms with van der Waals surface area (Å²) in [6, 6.07) is 3.90. The molecule has 1 aromatic rings. The number of phenols is 1. The fourth-order valence-electron chi connectivity index (χ4n) is 2.20. The van der Waals surface area contributed by atoms with Crippen LogP contribution in [0.3, 0.4) is 0 Å². The van der Waals surface area contributed by atoms with Gasteiger partial charge < -0.3 is 15.2 Å². The Balaban J connectivity index is 2.33. The van der Waals surface area contributed by atoms with Gasteiger partial charge in [0.05, 0.1) is 11.6 Å². The quantitative estimate of drug-likeness (QED) is 0.878. The van der Waals surface area contributed by atoms with Crippen LogP contribution in [-0.2, 0) is 0 Å². The molecule has 16 heavy (non-hydrogen) atoms. The molecule has 0 saturated carbocycles. The van der Waals surface area contributed by atoms with Crippen LogP contribution in [0.1, 0.15) is 24.3 Å². The number of phenolic OH excluding ortho intramolecular Hbond substituents is 1. The van der Waals surface area contributed by atoms with Gasteiger partial charge in [-0.15, -0.1) is 0 Å². The first-order valence-corrected chi connectivity index (χ1v) is 6.29. The Morgan fingerprint density at radius 2 is 2.31 bits per heavy atom. The van der Waals surface area contributed by atoms with Crippen molar-refractivity contribution in [2.24, 2.45) is 0 Å². The summed E-state index contributed by atoms with van der Waals surface area (Å²) in [6.45, 7) is 2.00. The molecule has 4 heteroatoms. The Labute approximate surface area is 104 Å². The van der Waals surface area contributed by atoms with E-state index in [1.807, 2.05) is 12.1 Å². The summed E-state index contributed by atoms with van der Waals surface area (Å²) in [5.74, 6) is 1.18. The Hall–Kier alpha value is -0.740. The molecule has 1 aromatic carbocycles. The van der Waals surface area contributed by atoms with E-state index in [0.29, 0.717) is 11.7 Å². The molecule has 2 rings (SSSR count). The summed E-state index contributed by atoms with van der Waals surface area (Å²) in [5.41, 5.74) is 0.979. The van der Waals surface area contributed by atoms with E-state index in [2.05, 4.69) is 21.2 Å². The number of benzene rings is 1. The van der Waals surface area contributed by atoms with Crippen LogP contribution in [0.4, 0.5) is 0 Å². The van der Waals surface area contributed by atoms with Crippen molar-refractivity contribution in [2.45, 2.75) is 18.8 Å². The Morgan fingerprint density at radius 3 is 2.94 bits per heavy atom. The van der Waals surface area contributed by atoms with Gasteiger partial charge in [0.2, 0.25) is 0 Å². The molecule has 0 aromatic heterocycles. The van der Waals surface area contributed by atoms with Gasteiger partial charge in [0, 0.05) is 18.0 Å². The van der Waals surface area contributed by atoms with Crippen molar-refractivity contribution in [3.8, 4) is 11.5 Å². The highest BCUT2D eigenvalue weighted by molar-refractivity contribution is 9.10. The van der Waals surface area contributed by atoms with Crippen molar-refractivity contribution in [1.29, 1.82) is 0 Å². The van der Waals surface area contributed by atoms with Crippen molar-refractivity contribution in [3.63, 3.8) is 0 Å². The molecule has 0 spiro atoms. The van der Waals surface area contributed by atoms with Gasteiger partial charge in [0.1, 0.15) is 0 Å². The second kappa shape index (κ2) is 5.06. The highest BCUT2D eigenvalue weighted by Crippen LogP contribution is 2.41. The monoisotopic (exact) mass is 285 g/mol. The lowest BCUT2D eigenvalue weighted by Gasteiger charge is -2.24. The summed E-state index contributed by atoms with van der Waals surface area (Å²) in [4.78, 5) is 0. The minimum Gasteiger partial charge on any atom is -0.504 e. The average Bonchev–Trinajstić information content (AvgIpc) is 2.31. The number of ether oxygens (including phenoxy) is 1. The predicted octanol–water partition coefficient (Wildman–Crippen LogP) is 2.63. The normalized spacial score (nSPS) is 20.8. The highest BCUT2D eigenvalue weighted by atomic mass is 79.9. The molecule has 2 N–H and O–H groups in total. The molecule has 0 radical (unpaired) electrons. The van der Waals surface area contributed by atoms with Crippen LogP contribution in [0, 0.1) is 0 Å². The summed E-state index contributed by atoms with van der Waals surface area (Å²) in [6.07, 6.45) is 2.27. The third-order valence-corrected chi connectivity index (χ3v) is 3.68. The van der Waals surface area contributed by atoms with E-state index in [0.717, 1.165) is 36.0 Å². The lowest BCUT2D eigenvalue weighted by Crippen LogP contribution is -2.28. The third kappa shape index (κ3) is 2.18. The minimum atomic E-state index is 0.269. The Kier molecular flexibility index (Phi) is 3.71. The molecule has 88 valence electrons. The number of piperidine rings is 1. The number of halogens is 1. The summed E-state index contributed by atoms with van der Waals surface area (Å²) >= 11 is 3.36. The molecular weight excluding hydrogens is 270 g/mol. The second-order valence-electron chi connectivity index (χ2n) is 4.06. The summed E-state index contributed by atoms with van der Waals surface area (Å²) in [7, 11) is 1.57. The third-order valence-electron chi connectivity index (χ3n) is 3.06. The number of hydrogen-bond acceptors (Lipinski definition) is 3. The molecule has 1 saturated heterocycles. The molecule has 1 aliphatic heterocycles. The molecule has 1 atom stereocenters. The smallest absolute Gasteiger partial charge is 0.174 e. The van der Waals surface area contributed by atoms with Crippen LogP contribution in [0.2, 0.25) is 0 Å². The van der Waals surface area contributed by atoms with Crippen molar-refractivity contribution < 1.29 is 9.84 Å². The van der Waals surface area contributed by atoms with Crippen molar-refractivity contribution >= 4 is 15.9 Å². The molecule has 3 nitrogen and oxygen atoms in total. The van der Waals surface area contributed by atoms with E-state index in [-0.39, 0.29) is 5.75 Å². The van der Waals surface area contributed by atoms with Crippen molar-refractivity contribution in [1.82, 2.24) is 5.32 Å². The van der Waals surface area contributed by atoms with E-state index in [1.54, 1.807) is 7.11 Å². The van der Waals surface area contributed by atoms with E-state index in [9.17, 15) is 5.11 Å². The topological polar surface area (TPSA) is 41.5 Å². The van der Waals surface area contributed by atoms with E-state index < -0.39 is 0 Å². The Bertz CT molecular complexity index is 376. The molecule has 0 amide bonds. The first-order valence-electron chi connectivity index (χ1n) is 5.50. The lowest BCUT2D eigenvalue weighted by atomic mass is 9.91. The molecule has 1 fully saturated rings. The largest absolute Gasteiger partial charge is 0.504 e. The number of aromatic hydroxyl groups is 1. The molecule has 0 bridgehead atoms. The van der Waals surface area contributed by atoms with E-state index in [4.69, 9.17) is 4.74 Å². The molecule has 1 aliphatic rings. The highest BCUT2D eigenvalue weighted by Gasteiger charge is 2.21. The number of hydrogen-bond donors (Lipinski definition) is 2. The molecule has 1 heterocycles. The van der Waals surface area contributed by atoms with Crippen LogP contribution in [0.15, 0.2) is 16.6 Å². The number of methoxy groups -OCH3 is 1. The van der Waals surface area contributed by atoms with Crippen molar-refractivity contribution in [2.75, 3.05) is 20.2 Å². The van der Waals surface area contributed by atoms with E-state index >= 15 is 0 Å². The van der Waals surface area contributed by atoms with E-state index in [1.165, 1.54) is 0 Å². The van der Waals surface area contributed by atoms with Crippen LogP contribution in [0.5, 0.6) is 11.5 Å². The lowest BCUT2D eigenvalue weighted by molar-refractivity contribution is 0.361. The van der Waals surface area contributed by atoms with Gasteiger partial charge in [-0.25, -0.2) is 0 Å². The fraction of sp³-hybridized carbons (Fsp3) is 0.500. The zero-order valence-electron chi connectivity index (χ0n) is 9.29. The van der Waals surface area contributed by atoms with Crippen LogP contribution >= 0.6 is 15.9 Å². The van der Waals surface area contributed by atoms with Gasteiger partial charge in [-0.3, -0.25) is 0 Å². The van der Waals surface area contributed by atoms with Crippen LogP contribution in [0.25, 0.3) is 0 Å². The Morgan fingerprint density at radius 1 is 1.50 bits per heavy atom. The van der Waals surface area contributed by atoms with Gasteiger partial charge in [0.15, 0.2) is 11.5 Å². The van der Waals surface area contributed by atoms with Crippen LogP contribution in [-0.4, -0.2) is 25.3 Å². The first-order chi connectivity index (χ1) is 7.74. The van der Waals surface area contributed by atoms with Gasteiger partial charge in [-0.05, 0) is 41.4 Å². The SMILES string of the molecule is COc1c(Br)ccc(C2CCCNC2)c1O. The van der Waals surface area contributed by atoms with Crippen molar-refractivity contribution in [3.05, 3.63) is 22.2 Å².